The molecule has 3 nitrogen and oxygen atoms in total. The van der Waals surface area contributed by atoms with Gasteiger partial charge in [-0.2, -0.15) is 0 Å². The van der Waals surface area contributed by atoms with Gasteiger partial charge >= 0.3 is 0 Å². The maximum Gasteiger partial charge on any atom is 0.134 e. The van der Waals surface area contributed by atoms with Crippen molar-refractivity contribution in [2.24, 2.45) is 5.92 Å². The van der Waals surface area contributed by atoms with Gasteiger partial charge in [-0.25, -0.2) is 4.98 Å². The summed E-state index contributed by atoms with van der Waals surface area (Å²) in [5, 5.41) is 9.46. The van der Waals surface area contributed by atoms with E-state index < -0.39 is 0 Å². The van der Waals surface area contributed by atoms with E-state index in [1.165, 1.54) is 0 Å². The normalized spacial score (nSPS) is 11.3. The zero-order valence-corrected chi connectivity index (χ0v) is 12.1. The van der Waals surface area contributed by atoms with Crippen molar-refractivity contribution in [1.82, 2.24) is 4.98 Å². The van der Waals surface area contributed by atoms with E-state index in [1.807, 2.05) is 18.3 Å². The zero-order valence-electron chi connectivity index (χ0n) is 12.1. The lowest BCUT2D eigenvalue weighted by atomic mass is 10.1. The monoisotopic (exact) mass is 250 g/mol. The highest BCUT2D eigenvalue weighted by molar-refractivity contribution is 5.47. The van der Waals surface area contributed by atoms with Crippen LogP contribution in [0.25, 0.3) is 0 Å². The molecule has 18 heavy (non-hydrogen) atoms. The number of rotatable bonds is 7. The van der Waals surface area contributed by atoms with Gasteiger partial charge < -0.3 is 10.0 Å². The van der Waals surface area contributed by atoms with Gasteiger partial charge in [0.05, 0.1) is 6.61 Å². The van der Waals surface area contributed by atoms with Crippen molar-refractivity contribution in [2.75, 3.05) is 11.4 Å². The van der Waals surface area contributed by atoms with E-state index >= 15 is 0 Å². The summed E-state index contributed by atoms with van der Waals surface area (Å²) in [6.07, 6.45) is 4.01. The smallest absolute Gasteiger partial charge is 0.134 e. The van der Waals surface area contributed by atoms with E-state index in [0.717, 1.165) is 30.8 Å². The molecule has 0 fully saturated rings. The standard InChI is InChI=1S/C15H26N2O/c1-5-14(6-2)17(10-12(3)4)15-13(11-18)8-7-9-16-15/h7-9,12,14,18H,5-6,10-11H2,1-4H3. The fraction of sp³-hybridized carbons (Fsp3) is 0.667. The van der Waals surface area contributed by atoms with Gasteiger partial charge in [-0.05, 0) is 24.8 Å². The molecule has 1 N–H and O–H groups in total. The summed E-state index contributed by atoms with van der Waals surface area (Å²) < 4.78 is 0. The van der Waals surface area contributed by atoms with Gasteiger partial charge in [-0.3, -0.25) is 0 Å². The molecule has 0 aliphatic heterocycles. The Morgan fingerprint density at radius 2 is 1.94 bits per heavy atom. The zero-order chi connectivity index (χ0) is 13.5. The van der Waals surface area contributed by atoms with Gasteiger partial charge in [0.25, 0.3) is 0 Å². The first-order valence-electron chi connectivity index (χ1n) is 6.95. The Morgan fingerprint density at radius 3 is 2.44 bits per heavy atom. The molecule has 0 aliphatic carbocycles. The van der Waals surface area contributed by atoms with Gasteiger partial charge in [0.1, 0.15) is 5.82 Å². The van der Waals surface area contributed by atoms with Crippen LogP contribution in [-0.2, 0) is 6.61 Å². The van der Waals surface area contributed by atoms with Crippen molar-refractivity contribution in [2.45, 2.75) is 53.2 Å². The highest BCUT2D eigenvalue weighted by Crippen LogP contribution is 2.23. The molecule has 0 unspecified atom stereocenters. The van der Waals surface area contributed by atoms with Crippen molar-refractivity contribution in [3.63, 3.8) is 0 Å². The first kappa shape index (κ1) is 15.0. The second-order valence-electron chi connectivity index (χ2n) is 5.16. The molecular weight excluding hydrogens is 224 g/mol. The fourth-order valence-corrected chi connectivity index (χ4v) is 2.34. The van der Waals surface area contributed by atoms with Crippen molar-refractivity contribution in [1.29, 1.82) is 0 Å². The van der Waals surface area contributed by atoms with Crippen LogP contribution in [0.3, 0.4) is 0 Å². The third-order valence-corrected chi connectivity index (χ3v) is 3.26. The van der Waals surface area contributed by atoms with E-state index in [1.54, 1.807) is 0 Å². The highest BCUT2D eigenvalue weighted by Gasteiger charge is 2.20. The van der Waals surface area contributed by atoms with Crippen LogP contribution in [0.1, 0.15) is 46.1 Å². The summed E-state index contributed by atoms with van der Waals surface area (Å²) in [5.74, 6) is 1.53. The van der Waals surface area contributed by atoms with Gasteiger partial charge in [-0.1, -0.05) is 33.8 Å². The first-order valence-corrected chi connectivity index (χ1v) is 6.95. The molecule has 0 radical (unpaired) electrons. The molecule has 1 rings (SSSR count). The topological polar surface area (TPSA) is 36.4 Å². The van der Waals surface area contributed by atoms with Crippen LogP contribution < -0.4 is 4.90 Å². The number of aliphatic hydroxyl groups excluding tert-OH is 1. The second kappa shape index (κ2) is 7.37. The number of nitrogens with zero attached hydrogens (tertiary/aromatic N) is 2. The Kier molecular flexibility index (Phi) is 6.13. The third kappa shape index (κ3) is 3.70. The van der Waals surface area contributed by atoms with Crippen LogP contribution in [0.4, 0.5) is 5.82 Å². The predicted octanol–water partition coefficient (Wildman–Crippen LogP) is 3.22. The molecule has 3 heteroatoms. The van der Waals surface area contributed by atoms with Gasteiger partial charge in [0.15, 0.2) is 0 Å². The number of aromatic nitrogens is 1. The largest absolute Gasteiger partial charge is 0.392 e. The molecule has 0 aliphatic rings. The maximum absolute atomic E-state index is 9.46. The number of aliphatic hydroxyl groups is 1. The molecule has 0 bridgehead atoms. The van der Waals surface area contributed by atoms with Crippen LogP contribution in [-0.4, -0.2) is 22.7 Å². The van der Waals surface area contributed by atoms with Crippen LogP contribution in [0.2, 0.25) is 0 Å². The minimum atomic E-state index is 0.0535. The average molecular weight is 250 g/mol. The molecule has 1 heterocycles. The number of hydrogen-bond donors (Lipinski definition) is 1. The predicted molar refractivity (Wildman–Crippen MR) is 76.7 cm³/mol. The maximum atomic E-state index is 9.46. The SMILES string of the molecule is CCC(CC)N(CC(C)C)c1ncccc1CO. The van der Waals surface area contributed by atoms with E-state index in [0.29, 0.717) is 12.0 Å². The molecule has 0 saturated carbocycles. The van der Waals surface area contributed by atoms with Gasteiger partial charge in [0, 0.05) is 24.3 Å². The van der Waals surface area contributed by atoms with E-state index in [2.05, 4.69) is 37.6 Å². The van der Waals surface area contributed by atoms with Gasteiger partial charge in [0.2, 0.25) is 0 Å². The van der Waals surface area contributed by atoms with Crippen LogP contribution in [0.15, 0.2) is 18.3 Å². The molecule has 0 aromatic carbocycles. The molecule has 1 aromatic rings. The minimum absolute atomic E-state index is 0.0535. The summed E-state index contributed by atoms with van der Waals surface area (Å²) in [5.41, 5.74) is 0.921. The van der Waals surface area contributed by atoms with Crippen molar-refractivity contribution >= 4 is 5.82 Å². The lowest BCUT2D eigenvalue weighted by Gasteiger charge is -2.34. The van der Waals surface area contributed by atoms with E-state index in [4.69, 9.17) is 0 Å². The first-order chi connectivity index (χ1) is 8.63. The lowest BCUT2D eigenvalue weighted by molar-refractivity contribution is 0.281. The van der Waals surface area contributed by atoms with Crippen molar-refractivity contribution in [3.8, 4) is 0 Å². The van der Waals surface area contributed by atoms with E-state index in [-0.39, 0.29) is 6.61 Å². The molecule has 0 atom stereocenters. The van der Waals surface area contributed by atoms with Crippen molar-refractivity contribution in [3.05, 3.63) is 23.9 Å². The molecule has 102 valence electrons. The number of hydrogen-bond acceptors (Lipinski definition) is 3. The summed E-state index contributed by atoms with van der Waals surface area (Å²) in [4.78, 5) is 6.84. The quantitative estimate of drug-likeness (QED) is 0.807. The molecule has 0 saturated heterocycles. The second-order valence-corrected chi connectivity index (χ2v) is 5.16. The minimum Gasteiger partial charge on any atom is -0.392 e. The third-order valence-electron chi connectivity index (χ3n) is 3.26. The summed E-state index contributed by atoms with van der Waals surface area (Å²) in [6, 6.07) is 4.33. The molecular formula is C15H26N2O. The van der Waals surface area contributed by atoms with Crippen LogP contribution >= 0.6 is 0 Å². The summed E-state index contributed by atoms with van der Waals surface area (Å²) in [6.45, 7) is 9.90. The van der Waals surface area contributed by atoms with E-state index in [9.17, 15) is 5.11 Å². The lowest BCUT2D eigenvalue weighted by Crippen LogP contribution is -2.38. The summed E-state index contributed by atoms with van der Waals surface area (Å²) >= 11 is 0. The Hall–Kier alpha value is -1.09. The van der Waals surface area contributed by atoms with Crippen LogP contribution in [0, 0.1) is 5.92 Å². The fourth-order valence-electron chi connectivity index (χ4n) is 2.34. The summed E-state index contributed by atoms with van der Waals surface area (Å²) in [7, 11) is 0. The Labute approximate surface area is 111 Å². The van der Waals surface area contributed by atoms with Gasteiger partial charge in [-0.15, -0.1) is 0 Å². The molecule has 0 spiro atoms. The molecule has 1 aromatic heterocycles. The highest BCUT2D eigenvalue weighted by atomic mass is 16.3. The number of anilines is 1. The van der Waals surface area contributed by atoms with Crippen molar-refractivity contribution < 1.29 is 5.11 Å². The Morgan fingerprint density at radius 1 is 1.28 bits per heavy atom. The Bertz CT molecular complexity index is 348. The number of pyridine rings is 1. The average Bonchev–Trinajstić information content (AvgIpc) is 2.38. The van der Waals surface area contributed by atoms with Crippen LogP contribution in [0.5, 0.6) is 0 Å². The molecule has 0 amide bonds. The Balaban J connectivity index is 3.07.